The van der Waals surface area contributed by atoms with E-state index in [-0.39, 0.29) is 5.97 Å². The van der Waals surface area contributed by atoms with Crippen molar-refractivity contribution < 1.29 is 9.53 Å². The van der Waals surface area contributed by atoms with E-state index in [1.54, 1.807) is 0 Å². The Labute approximate surface area is 127 Å². The molecule has 0 N–H and O–H groups in total. The van der Waals surface area contributed by atoms with Crippen LogP contribution in [0.4, 0.5) is 0 Å². The summed E-state index contributed by atoms with van der Waals surface area (Å²) in [5.41, 5.74) is 2.72. The summed E-state index contributed by atoms with van der Waals surface area (Å²) in [6, 6.07) is 4.16. The fourth-order valence-corrected chi connectivity index (χ4v) is 2.89. The number of allylic oxidation sites excluding steroid dienone is 1. The Bertz CT molecular complexity index is 671. The molecule has 2 aromatic rings. The summed E-state index contributed by atoms with van der Waals surface area (Å²) < 4.78 is 7.95. The second-order valence-electron chi connectivity index (χ2n) is 4.99. The van der Waals surface area contributed by atoms with E-state index in [2.05, 4.69) is 47.1 Å². The predicted molar refractivity (Wildman–Crippen MR) is 85.3 cm³/mol. The van der Waals surface area contributed by atoms with E-state index in [9.17, 15) is 4.79 Å². The van der Waals surface area contributed by atoms with Crippen molar-refractivity contribution in [2.75, 3.05) is 7.11 Å². The van der Waals surface area contributed by atoms with Crippen LogP contribution in [0.15, 0.2) is 35.5 Å². The number of hydrogen-bond donors (Lipinski definition) is 0. The number of aromatic nitrogens is 1. The van der Waals surface area contributed by atoms with Crippen LogP contribution in [0.3, 0.4) is 0 Å². The third kappa shape index (κ3) is 2.52. The standard InChI is InChI=1S/C16H18BrNO2/c1-5-6-11-9-18(10(2)3)14-8-12(17)7-13(15(11)14)16(19)20-4/h5,7-10H,1,6H2,2-4H3. The second kappa shape index (κ2) is 5.83. The van der Waals surface area contributed by atoms with Gasteiger partial charge in [-0.05, 0) is 38.0 Å². The number of esters is 1. The first kappa shape index (κ1) is 14.9. The number of ether oxygens (including phenoxy) is 1. The number of nitrogens with zero attached hydrogens (tertiary/aromatic N) is 1. The molecule has 0 spiro atoms. The molecule has 0 fully saturated rings. The molecule has 2 rings (SSSR count). The van der Waals surface area contributed by atoms with Gasteiger partial charge in [0.05, 0.1) is 18.2 Å². The van der Waals surface area contributed by atoms with E-state index in [1.165, 1.54) is 7.11 Å². The lowest BCUT2D eigenvalue weighted by Crippen LogP contribution is -2.03. The lowest BCUT2D eigenvalue weighted by atomic mass is 10.0. The summed E-state index contributed by atoms with van der Waals surface area (Å²) >= 11 is 3.47. The molecular formula is C16H18BrNO2. The van der Waals surface area contributed by atoms with Crippen LogP contribution in [-0.2, 0) is 11.2 Å². The highest BCUT2D eigenvalue weighted by molar-refractivity contribution is 9.10. The van der Waals surface area contributed by atoms with Crippen LogP contribution in [0.25, 0.3) is 10.9 Å². The zero-order valence-electron chi connectivity index (χ0n) is 11.9. The summed E-state index contributed by atoms with van der Waals surface area (Å²) in [6.45, 7) is 8.04. The Morgan fingerprint density at radius 2 is 2.20 bits per heavy atom. The molecule has 0 radical (unpaired) electrons. The van der Waals surface area contributed by atoms with E-state index in [1.807, 2.05) is 18.2 Å². The first-order chi connectivity index (χ1) is 9.49. The third-order valence-corrected chi connectivity index (χ3v) is 3.76. The van der Waals surface area contributed by atoms with Gasteiger partial charge in [-0.1, -0.05) is 22.0 Å². The van der Waals surface area contributed by atoms with E-state index in [0.717, 1.165) is 27.4 Å². The monoisotopic (exact) mass is 335 g/mol. The smallest absolute Gasteiger partial charge is 0.338 e. The molecule has 1 aromatic carbocycles. The lowest BCUT2D eigenvalue weighted by molar-refractivity contribution is 0.0603. The Morgan fingerprint density at radius 3 is 2.75 bits per heavy atom. The molecule has 0 aliphatic carbocycles. The quantitative estimate of drug-likeness (QED) is 0.608. The van der Waals surface area contributed by atoms with Gasteiger partial charge in [0.25, 0.3) is 0 Å². The molecule has 0 amide bonds. The van der Waals surface area contributed by atoms with Gasteiger partial charge in [-0.2, -0.15) is 0 Å². The molecular weight excluding hydrogens is 318 g/mol. The molecule has 3 nitrogen and oxygen atoms in total. The maximum absolute atomic E-state index is 12.0. The van der Waals surface area contributed by atoms with Gasteiger partial charge >= 0.3 is 5.97 Å². The fourth-order valence-electron chi connectivity index (χ4n) is 2.44. The van der Waals surface area contributed by atoms with Gasteiger partial charge in [0, 0.05) is 22.1 Å². The minimum absolute atomic E-state index is 0.316. The largest absolute Gasteiger partial charge is 0.465 e. The highest BCUT2D eigenvalue weighted by atomic mass is 79.9. The van der Waals surface area contributed by atoms with Crippen LogP contribution in [-0.4, -0.2) is 17.6 Å². The Kier molecular flexibility index (Phi) is 4.33. The van der Waals surface area contributed by atoms with Gasteiger partial charge in [0.2, 0.25) is 0 Å². The molecule has 0 aliphatic rings. The average Bonchev–Trinajstić information content (AvgIpc) is 2.76. The van der Waals surface area contributed by atoms with Crippen molar-refractivity contribution in [3.63, 3.8) is 0 Å². The maximum Gasteiger partial charge on any atom is 0.338 e. The number of fused-ring (bicyclic) bond motifs is 1. The van der Waals surface area contributed by atoms with Crippen LogP contribution in [0.1, 0.15) is 35.8 Å². The molecule has 0 bridgehead atoms. The topological polar surface area (TPSA) is 31.2 Å². The molecule has 0 saturated heterocycles. The van der Waals surface area contributed by atoms with Gasteiger partial charge in [-0.25, -0.2) is 4.79 Å². The fraction of sp³-hybridized carbons (Fsp3) is 0.312. The first-order valence-electron chi connectivity index (χ1n) is 6.51. The van der Waals surface area contributed by atoms with E-state index < -0.39 is 0 Å². The SMILES string of the molecule is C=CCc1cn(C(C)C)c2cc(Br)cc(C(=O)OC)c12. The summed E-state index contributed by atoms with van der Waals surface area (Å²) in [6.07, 6.45) is 4.67. The Morgan fingerprint density at radius 1 is 1.50 bits per heavy atom. The second-order valence-corrected chi connectivity index (χ2v) is 5.90. The molecule has 4 heteroatoms. The number of carbonyl (C=O) groups is 1. The number of benzene rings is 1. The maximum atomic E-state index is 12.0. The molecule has 0 atom stereocenters. The summed E-state index contributed by atoms with van der Waals surface area (Å²) in [5, 5.41) is 0.952. The van der Waals surface area contributed by atoms with Gasteiger partial charge in [0.1, 0.15) is 0 Å². The van der Waals surface area contributed by atoms with Crippen LogP contribution >= 0.6 is 15.9 Å². The number of methoxy groups -OCH3 is 1. The van der Waals surface area contributed by atoms with Gasteiger partial charge < -0.3 is 9.30 Å². The van der Waals surface area contributed by atoms with Crippen molar-refractivity contribution in [2.45, 2.75) is 26.3 Å². The highest BCUT2D eigenvalue weighted by Gasteiger charge is 2.19. The minimum atomic E-state index is -0.317. The summed E-state index contributed by atoms with van der Waals surface area (Å²) in [4.78, 5) is 12.0. The first-order valence-corrected chi connectivity index (χ1v) is 7.31. The van der Waals surface area contributed by atoms with Crippen molar-refractivity contribution >= 4 is 32.8 Å². The normalized spacial score (nSPS) is 11.1. The molecule has 106 valence electrons. The number of carbonyl (C=O) groups excluding carboxylic acids is 1. The van der Waals surface area contributed by atoms with Crippen molar-refractivity contribution in [2.24, 2.45) is 0 Å². The number of rotatable bonds is 4. The van der Waals surface area contributed by atoms with Gasteiger partial charge in [-0.15, -0.1) is 6.58 Å². The third-order valence-electron chi connectivity index (χ3n) is 3.30. The molecule has 0 saturated carbocycles. The minimum Gasteiger partial charge on any atom is -0.465 e. The number of halogens is 1. The zero-order chi connectivity index (χ0) is 14.9. The van der Waals surface area contributed by atoms with Crippen LogP contribution < -0.4 is 0 Å². The van der Waals surface area contributed by atoms with Crippen LogP contribution in [0.2, 0.25) is 0 Å². The van der Waals surface area contributed by atoms with Gasteiger partial charge in [0.15, 0.2) is 0 Å². The van der Waals surface area contributed by atoms with Crippen molar-refractivity contribution in [3.8, 4) is 0 Å². The molecule has 0 aliphatic heterocycles. The van der Waals surface area contributed by atoms with E-state index in [4.69, 9.17) is 4.74 Å². The van der Waals surface area contributed by atoms with E-state index >= 15 is 0 Å². The predicted octanol–water partition coefficient (Wildman–Crippen LogP) is 4.50. The molecule has 1 aromatic heterocycles. The van der Waals surface area contributed by atoms with Gasteiger partial charge in [-0.3, -0.25) is 0 Å². The Hall–Kier alpha value is -1.55. The highest BCUT2D eigenvalue weighted by Crippen LogP contribution is 2.32. The van der Waals surface area contributed by atoms with Crippen molar-refractivity contribution in [1.82, 2.24) is 4.57 Å². The average molecular weight is 336 g/mol. The lowest BCUT2D eigenvalue weighted by Gasteiger charge is -2.10. The van der Waals surface area contributed by atoms with Crippen LogP contribution in [0, 0.1) is 0 Å². The summed E-state index contributed by atoms with van der Waals surface area (Å²) in [7, 11) is 1.40. The summed E-state index contributed by atoms with van der Waals surface area (Å²) in [5.74, 6) is -0.317. The van der Waals surface area contributed by atoms with E-state index in [0.29, 0.717) is 11.6 Å². The Balaban J connectivity index is 2.85. The van der Waals surface area contributed by atoms with Crippen LogP contribution in [0.5, 0.6) is 0 Å². The van der Waals surface area contributed by atoms with Crippen molar-refractivity contribution in [1.29, 1.82) is 0 Å². The zero-order valence-corrected chi connectivity index (χ0v) is 13.5. The molecule has 20 heavy (non-hydrogen) atoms. The molecule has 1 heterocycles. The number of hydrogen-bond acceptors (Lipinski definition) is 2. The van der Waals surface area contributed by atoms with Crippen molar-refractivity contribution in [3.05, 3.63) is 46.6 Å². The molecule has 0 unspecified atom stereocenters.